The van der Waals surface area contributed by atoms with Gasteiger partial charge in [-0.2, -0.15) is 5.26 Å². The third-order valence-corrected chi connectivity index (χ3v) is 3.42. The van der Waals surface area contributed by atoms with Crippen molar-refractivity contribution in [1.29, 1.82) is 5.26 Å². The maximum atomic E-state index is 8.70. The fourth-order valence-corrected chi connectivity index (χ4v) is 2.17. The maximum absolute atomic E-state index is 8.70. The fourth-order valence-electron chi connectivity index (χ4n) is 1.98. The van der Waals surface area contributed by atoms with Crippen LogP contribution < -0.4 is 0 Å². The minimum Gasteiger partial charge on any atom is -0.220 e. The van der Waals surface area contributed by atoms with E-state index < -0.39 is 0 Å². The first-order valence-electron chi connectivity index (χ1n) is 5.87. The monoisotopic (exact) mass is 246 g/mol. The van der Waals surface area contributed by atoms with Gasteiger partial charge >= 0.3 is 0 Å². The highest BCUT2D eigenvalue weighted by molar-refractivity contribution is 6.13. The van der Waals surface area contributed by atoms with Gasteiger partial charge in [0.1, 0.15) is 0 Å². The average molecular weight is 247 g/mol. The van der Waals surface area contributed by atoms with Gasteiger partial charge in [-0.3, -0.25) is 0 Å². The van der Waals surface area contributed by atoms with Gasteiger partial charge in [-0.1, -0.05) is 24.3 Å². The van der Waals surface area contributed by atoms with Crippen molar-refractivity contribution in [3.63, 3.8) is 0 Å². The normalized spacial score (nSPS) is 18.4. The van der Waals surface area contributed by atoms with E-state index in [1.54, 1.807) is 0 Å². The molecule has 1 saturated heterocycles. The van der Waals surface area contributed by atoms with Crippen LogP contribution >= 0.6 is 11.8 Å². The lowest BCUT2D eigenvalue weighted by atomic mass is 9.97. The number of allylic oxidation sites excluding steroid dienone is 1. The van der Waals surface area contributed by atoms with Crippen LogP contribution in [0.2, 0.25) is 0 Å². The number of nitriles is 1. The second-order valence-corrected chi connectivity index (χ2v) is 4.82. The third-order valence-electron chi connectivity index (χ3n) is 3.09. The highest BCUT2D eigenvalue weighted by atomic mass is 35.5. The van der Waals surface area contributed by atoms with Crippen LogP contribution in [0.3, 0.4) is 0 Å². The van der Waals surface area contributed by atoms with E-state index in [0.29, 0.717) is 11.5 Å². The Morgan fingerprint density at radius 1 is 1.24 bits per heavy atom. The lowest BCUT2D eigenvalue weighted by Crippen LogP contribution is -2.25. The zero-order valence-corrected chi connectivity index (χ0v) is 10.4. The van der Waals surface area contributed by atoms with E-state index in [2.05, 4.69) is 18.2 Å². The zero-order valence-electron chi connectivity index (χ0n) is 9.64. The molecule has 1 aromatic carbocycles. The van der Waals surface area contributed by atoms with Crippen molar-refractivity contribution < 1.29 is 0 Å². The summed E-state index contributed by atoms with van der Waals surface area (Å²) in [6.07, 6.45) is 6.63. The van der Waals surface area contributed by atoms with E-state index in [0.717, 1.165) is 31.5 Å². The number of nitrogens with zero attached hydrogens (tertiary/aromatic N) is 2. The Balaban J connectivity index is 1.93. The summed E-state index contributed by atoms with van der Waals surface area (Å²) >= 11 is 5.91. The molecule has 0 atom stereocenters. The van der Waals surface area contributed by atoms with Gasteiger partial charge in [-0.25, -0.2) is 4.42 Å². The number of hydrogen-bond donors (Lipinski definition) is 0. The van der Waals surface area contributed by atoms with E-state index in [1.165, 1.54) is 0 Å². The summed E-state index contributed by atoms with van der Waals surface area (Å²) in [4.78, 5) is 0. The summed E-state index contributed by atoms with van der Waals surface area (Å²) in [5.74, 6) is 0.626. The van der Waals surface area contributed by atoms with Crippen molar-refractivity contribution in [2.45, 2.75) is 12.8 Å². The molecule has 1 aliphatic rings. The smallest absolute Gasteiger partial charge is 0.0991 e. The molecule has 1 aliphatic heterocycles. The minimum absolute atomic E-state index is 0.626. The summed E-state index contributed by atoms with van der Waals surface area (Å²) in [5, 5.41) is 8.70. The molecule has 88 valence electrons. The first-order chi connectivity index (χ1) is 8.28. The topological polar surface area (TPSA) is 27.0 Å². The molecule has 17 heavy (non-hydrogen) atoms. The standard InChI is InChI=1S/C14H15ClN2/c15-17-9-7-13(8-10-17)2-1-12-3-5-14(11-16)6-4-12/h1-6,13H,7-10H2/b2-1+. The second-order valence-electron chi connectivity index (χ2n) is 4.34. The minimum atomic E-state index is 0.626. The van der Waals surface area contributed by atoms with Crippen LogP contribution in [0, 0.1) is 17.2 Å². The SMILES string of the molecule is N#Cc1ccc(/C=C/C2CCN(Cl)CC2)cc1. The van der Waals surface area contributed by atoms with E-state index in [1.807, 2.05) is 28.7 Å². The molecule has 0 saturated carbocycles. The molecule has 1 aromatic rings. The van der Waals surface area contributed by atoms with Crippen molar-refractivity contribution in [2.75, 3.05) is 13.1 Å². The Hall–Kier alpha value is -1.30. The molecule has 0 N–H and O–H groups in total. The second kappa shape index (κ2) is 5.86. The molecular formula is C14H15ClN2. The molecule has 0 bridgehead atoms. The quantitative estimate of drug-likeness (QED) is 0.748. The lowest BCUT2D eigenvalue weighted by Gasteiger charge is -2.24. The summed E-state index contributed by atoms with van der Waals surface area (Å²) in [6.45, 7) is 1.92. The van der Waals surface area contributed by atoms with Crippen LogP contribution in [0.1, 0.15) is 24.0 Å². The van der Waals surface area contributed by atoms with Crippen molar-refractivity contribution in [2.24, 2.45) is 5.92 Å². The van der Waals surface area contributed by atoms with Crippen molar-refractivity contribution >= 4 is 17.9 Å². The Labute approximate surface area is 107 Å². The van der Waals surface area contributed by atoms with Crippen LogP contribution in [0.5, 0.6) is 0 Å². The number of hydrogen-bond acceptors (Lipinski definition) is 2. The van der Waals surface area contributed by atoms with Gasteiger partial charge in [0.15, 0.2) is 0 Å². The summed E-state index contributed by atoms with van der Waals surface area (Å²) in [7, 11) is 0. The predicted octanol–water partition coefficient (Wildman–Crippen LogP) is 3.44. The Morgan fingerprint density at radius 3 is 2.47 bits per heavy atom. The average Bonchev–Trinajstić information content (AvgIpc) is 2.39. The molecule has 0 radical (unpaired) electrons. The van der Waals surface area contributed by atoms with Gasteiger partial charge < -0.3 is 0 Å². The predicted molar refractivity (Wildman–Crippen MR) is 70.3 cm³/mol. The lowest BCUT2D eigenvalue weighted by molar-refractivity contribution is 0.320. The molecular weight excluding hydrogens is 232 g/mol. The first kappa shape index (κ1) is 12.2. The number of halogens is 1. The molecule has 1 fully saturated rings. The molecule has 2 rings (SSSR count). The van der Waals surface area contributed by atoms with Crippen molar-refractivity contribution in [3.8, 4) is 6.07 Å². The van der Waals surface area contributed by atoms with Crippen LogP contribution in [-0.4, -0.2) is 17.5 Å². The highest BCUT2D eigenvalue weighted by Crippen LogP contribution is 2.20. The molecule has 0 unspecified atom stereocenters. The van der Waals surface area contributed by atoms with Crippen LogP contribution in [0.15, 0.2) is 30.3 Å². The molecule has 1 heterocycles. The van der Waals surface area contributed by atoms with Gasteiger partial charge in [-0.05, 0) is 48.2 Å². The molecule has 0 aromatic heterocycles. The largest absolute Gasteiger partial charge is 0.220 e. The first-order valence-corrected chi connectivity index (χ1v) is 6.21. The van der Waals surface area contributed by atoms with Crippen LogP contribution in [-0.2, 0) is 0 Å². The molecule has 0 spiro atoms. The highest BCUT2D eigenvalue weighted by Gasteiger charge is 2.14. The van der Waals surface area contributed by atoms with Gasteiger partial charge in [0.25, 0.3) is 0 Å². The van der Waals surface area contributed by atoms with E-state index >= 15 is 0 Å². The van der Waals surface area contributed by atoms with Gasteiger partial charge in [0, 0.05) is 13.1 Å². The molecule has 2 nitrogen and oxygen atoms in total. The maximum Gasteiger partial charge on any atom is 0.0991 e. The number of benzene rings is 1. The Morgan fingerprint density at radius 2 is 1.88 bits per heavy atom. The van der Waals surface area contributed by atoms with Crippen molar-refractivity contribution in [3.05, 3.63) is 41.5 Å². The van der Waals surface area contributed by atoms with Gasteiger partial charge in [0.05, 0.1) is 11.6 Å². The van der Waals surface area contributed by atoms with Gasteiger partial charge in [-0.15, -0.1) is 0 Å². The summed E-state index contributed by atoms with van der Waals surface area (Å²) in [5.41, 5.74) is 1.86. The molecule has 0 aliphatic carbocycles. The van der Waals surface area contributed by atoms with E-state index in [9.17, 15) is 0 Å². The number of piperidine rings is 1. The van der Waals surface area contributed by atoms with Crippen LogP contribution in [0.4, 0.5) is 0 Å². The van der Waals surface area contributed by atoms with Crippen molar-refractivity contribution in [1.82, 2.24) is 4.42 Å². The molecule has 0 amide bonds. The Bertz CT molecular complexity index is 423. The molecule has 3 heteroatoms. The summed E-state index contributed by atoms with van der Waals surface area (Å²) in [6, 6.07) is 9.77. The van der Waals surface area contributed by atoms with Crippen LogP contribution in [0.25, 0.3) is 6.08 Å². The zero-order chi connectivity index (χ0) is 12.1. The fraction of sp³-hybridized carbons (Fsp3) is 0.357. The van der Waals surface area contributed by atoms with Gasteiger partial charge in [0.2, 0.25) is 0 Å². The van der Waals surface area contributed by atoms with E-state index in [-0.39, 0.29) is 0 Å². The Kier molecular flexibility index (Phi) is 4.19. The third kappa shape index (κ3) is 3.59. The summed E-state index contributed by atoms with van der Waals surface area (Å²) < 4.78 is 1.85. The van der Waals surface area contributed by atoms with E-state index in [4.69, 9.17) is 17.0 Å². The number of rotatable bonds is 2.